The summed E-state index contributed by atoms with van der Waals surface area (Å²) in [6, 6.07) is 9.82. The summed E-state index contributed by atoms with van der Waals surface area (Å²) in [5.41, 5.74) is -3.39. The molecule has 8 heteroatoms. The molecule has 4 nitrogen and oxygen atoms in total. The van der Waals surface area contributed by atoms with Gasteiger partial charge in [0.05, 0.1) is 7.11 Å². The summed E-state index contributed by atoms with van der Waals surface area (Å²) in [5.74, 6) is -0.133. The molecular formula is C16H14F3NO3S. The normalized spacial score (nSPS) is 11.2. The van der Waals surface area contributed by atoms with Crippen molar-refractivity contribution < 1.29 is 27.8 Å². The fourth-order valence-corrected chi connectivity index (χ4v) is 2.46. The van der Waals surface area contributed by atoms with E-state index in [2.05, 4.69) is 5.32 Å². The Hall–Kier alpha value is -2.35. The molecule has 2 N–H and O–H groups in total. The number of hydrogen-bond acceptors (Lipinski definition) is 4. The third-order valence-corrected chi connectivity index (χ3v) is 3.79. The summed E-state index contributed by atoms with van der Waals surface area (Å²) < 4.78 is 41.7. The van der Waals surface area contributed by atoms with E-state index < -0.39 is 11.4 Å². The second-order valence-corrected chi connectivity index (χ2v) is 5.90. The number of phenolic OH excluding ortho intramolecular Hbond substituents is 1. The SMILES string of the molecule is COc1cc(CNC(=O)c2ccc(SC(F)(F)F)cc2)ccc1O. The van der Waals surface area contributed by atoms with E-state index in [4.69, 9.17) is 4.74 Å². The number of carbonyl (C=O) groups is 1. The molecule has 0 aromatic heterocycles. The lowest BCUT2D eigenvalue weighted by molar-refractivity contribution is -0.0328. The summed E-state index contributed by atoms with van der Waals surface area (Å²) >= 11 is -0.232. The number of aromatic hydroxyl groups is 1. The van der Waals surface area contributed by atoms with Crippen LogP contribution in [0.1, 0.15) is 15.9 Å². The number of amides is 1. The van der Waals surface area contributed by atoms with Crippen LogP contribution < -0.4 is 10.1 Å². The predicted molar refractivity (Wildman–Crippen MR) is 84.2 cm³/mol. The highest BCUT2D eigenvalue weighted by Gasteiger charge is 2.29. The van der Waals surface area contributed by atoms with Crippen LogP contribution in [0.25, 0.3) is 0 Å². The fraction of sp³-hybridized carbons (Fsp3) is 0.188. The second kappa shape index (κ2) is 7.48. The first-order chi connectivity index (χ1) is 11.3. The maximum atomic E-state index is 12.3. The maximum Gasteiger partial charge on any atom is 0.446 e. The third kappa shape index (κ3) is 5.09. The van der Waals surface area contributed by atoms with Crippen LogP contribution in [0.2, 0.25) is 0 Å². The summed E-state index contributed by atoms with van der Waals surface area (Å²) in [5, 5.41) is 12.2. The molecule has 0 aliphatic heterocycles. The average Bonchev–Trinajstić information content (AvgIpc) is 2.53. The minimum Gasteiger partial charge on any atom is -0.504 e. The zero-order valence-electron chi connectivity index (χ0n) is 12.6. The van der Waals surface area contributed by atoms with Gasteiger partial charge in [0.2, 0.25) is 0 Å². The predicted octanol–water partition coefficient (Wildman–Crippen LogP) is 3.94. The fourth-order valence-electron chi connectivity index (χ4n) is 1.92. The topological polar surface area (TPSA) is 58.6 Å². The van der Waals surface area contributed by atoms with Crippen LogP contribution in [0.5, 0.6) is 11.5 Å². The zero-order chi connectivity index (χ0) is 17.7. The highest BCUT2D eigenvalue weighted by atomic mass is 32.2. The highest BCUT2D eigenvalue weighted by Crippen LogP contribution is 2.36. The number of phenols is 1. The minimum absolute atomic E-state index is 0.00895. The van der Waals surface area contributed by atoms with E-state index in [0.29, 0.717) is 5.56 Å². The molecule has 0 atom stereocenters. The molecule has 0 radical (unpaired) electrons. The van der Waals surface area contributed by atoms with Gasteiger partial charge in [0.1, 0.15) is 0 Å². The van der Waals surface area contributed by atoms with Crippen LogP contribution in [0.15, 0.2) is 47.4 Å². The average molecular weight is 357 g/mol. The van der Waals surface area contributed by atoms with Gasteiger partial charge in [-0.1, -0.05) is 6.07 Å². The van der Waals surface area contributed by atoms with E-state index in [9.17, 15) is 23.1 Å². The summed E-state index contributed by atoms with van der Waals surface area (Å²) in [4.78, 5) is 12.0. The van der Waals surface area contributed by atoms with Crippen molar-refractivity contribution in [2.45, 2.75) is 16.9 Å². The van der Waals surface area contributed by atoms with E-state index in [1.807, 2.05) is 0 Å². The first-order valence-electron chi connectivity index (χ1n) is 6.78. The van der Waals surface area contributed by atoms with E-state index in [1.54, 1.807) is 12.1 Å². The van der Waals surface area contributed by atoms with Gasteiger partial charge in [-0.3, -0.25) is 4.79 Å². The number of thioether (sulfide) groups is 1. The van der Waals surface area contributed by atoms with Gasteiger partial charge in [-0.15, -0.1) is 0 Å². The monoisotopic (exact) mass is 357 g/mol. The number of carbonyl (C=O) groups excluding carboxylic acids is 1. The van der Waals surface area contributed by atoms with Crippen LogP contribution in [-0.4, -0.2) is 23.6 Å². The van der Waals surface area contributed by atoms with Gasteiger partial charge in [0.15, 0.2) is 11.5 Å². The lowest BCUT2D eigenvalue weighted by Crippen LogP contribution is -2.22. The highest BCUT2D eigenvalue weighted by molar-refractivity contribution is 8.00. The van der Waals surface area contributed by atoms with E-state index in [-0.39, 0.29) is 40.3 Å². The molecule has 0 aliphatic rings. The molecule has 0 saturated heterocycles. The largest absolute Gasteiger partial charge is 0.504 e. The van der Waals surface area contributed by atoms with Crippen molar-refractivity contribution in [1.29, 1.82) is 0 Å². The van der Waals surface area contributed by atoms with Gasteiger partial charge in [-0.05, 0) is 53.7 Å². The summed E-state index contributed by atoms with van der Waals surface area (Å²) in [6.07, 6.45) is 0. The maximum absolute atomic E-state index is 12.3. The quantitative estimate of drug-likeness (QED) is 0.796. The molecule has 2 aromatic carbocycles. The minimum atomic E-state index is -4.36. The van der Waals surface area contributed by atoms with Gasteiger partial charge in [-0.2, -0.15) is 13.2 Å². The Morgan fingerprint density at radius 2 is 1.88 bits per heavy atom. The van der Waals surface area contributed by atoms with E-state index in [1.165, 1.54) is 37.4 Å². The molecule has 0 bridgehead atoms. The molecule has 128 valence electrons. The first-order valence-corrected chi connectivity index (χ1v) is 7.60. The van der Waals surface area contributed by atoms with Crippen molar-refractivity contribution >= 4 is 17.7 Å². The van der Waals surface area contributed by atoms with Gasteiger partial charge in [0.25, 0.3) is 5.91 Å². The van der Waals surface area contributed by atoms with Gasteiger partial charge in [-0.25, -0.2) is 0 Å². The van der Waals surface area contributed by atoms with Crippen molar-refractivity contribution in [3.8, 4) is 11.5 Å². The second-order valence-electron chi connectivity index (χ2n) is 4.76. The number of benzene rings is 2. The molecule has 2 rings (SSSR count). The molecule has 0 heterocycles. The molecular weight excluding hydrogens is 343 g/mol. The Morgan fingerprint density at radius 3 is 2.46 bits per heavy atom. The van der Waals surface area contributed by atoms with Gasteiger partial charge in [0, 0.05) is 17.0 Å². The third-order valence-electron chi connectivity index (χ3n) is 3.05. The van der Waals surface area contributed by atoms with Crippen molar-refractivity contribution in [2.75, 3.05) is 7.11 Å². The molecule has 1 amide bonds. The Bertz CT molecular complexity index is 717. The first kappa shape index (κ1) is 18.0. The molecule has 0 saturated carbocycles. The van der Waals surface area contributed by atoms with Crippen molar-refractivity contribution in [1.82, 2.24) is 5.32 Å². The number of alkyl halides is 3. The summed E-state index contributed by atoms with van der Waals surface area (Å²) in [6.45, 7) is 0.189. The van der Waals surface area contributed by atoms with Gasteiger partial charge < -0.3 is 15.2 Å². The number of rotatable bonds is 5. The molecule has 2 aromatic rings. The van der Waals surface area contributed by atoms with Crippen LogP contribution in [-0.2, 0) is 6.54 Å². The van der Waals surface area contributed by atoms with Crippen LogP contribution in [0.4, 0.5) is 13.2 Å². The van der Waals surface area contributed by atoms with Crippen molar-refractivity contribution in [2.24, 2.45) is 0 Å². The molecule has 0 spiro atoms. The Kier molecular flexibility index (Phi) is 5.61. The number of nitrogens with one attached hydrogen (secondary N) is 1. The number of hydrogen-bond donors (Lipinski definition) is 2. The Labute approximate surface area is 140 Å². The Morgan fingerprint density at radius 1 is 1.21 bits per heavy atom. The van der Waals surface area contributed by atoms with E-state index >= 15 is 0 Å². The summed E-state index contributed by atoms with van der Waals surface area (Å²) in [7, 11) is 1.41. The smallest absolute Gasteiger partial charge is 0.446 e. The number of methoxy groups -OCH3 is 1. The lowest BCUT2D eigenvalue weighted by atomic mass is 10.1. The van der Waals surface area contributed by atoms with E-state index in [0.717, 1.165) is 0 Å². The van der Waals surface area contributed by atoms with Crippen LogP contribution in [0, 0.1) is 0 Å². The number of halogens is 3. The standard InChI is InChI=1S/C16H14F3NO3S/c1-23-14-8-10(2-7-13(14)21)9-20-15(22)11-3-5-12(6-4-11)24-16(17,18)19/h2-8,21H,9H2,1H3,(H,20,22). The molecule has 0 fully saturated rings. The number of ether oxygens (including phenoxy) is 1. The molecule has 24 heavy (non-hydrogen) atoms. The van der Waals surface area contributed by atoms with Gasteiger partial charge >= 0.3 is 5.51 Å². The van der Waals surface area contributed by atoms with Crippen molar-refractivity contribution in [3.05, 3.63) is 53.6 Å². The lowest BCUT2D eigenvalue weighted by Gasteiger charge is -2.09. The molecule has 0 unspecified atom stereocenters. The Balaban J connectivity index is 1.97. The molecule has 0 aliphatic carbocycles. The van der Waals surface area contributed by atoms with Crippen molar-refractivity contribution in [3.63, 3.8) is 0 Å². The van der Waals surface area contributed by atoms with Crippen LogP contribution >= 0.6 is 11.8 Å². The zero-order valence-corrected chi connectivity index (χ0v) is 13.4. The van der Waals surface area contributed by atoms with Crippen LogP contribution in [0.3, 0.4) is 0 Å².